The van der Waals surface area contributed by atoms with E-state index in [0.29, 0.717) is 11.3 Å². The van der Waals surface area contributed by atoms with E-state index >= 15 is 4.39 Å². The lowest BCUT2D eigenvalue weighted by molar-refractivity contribution is -0.137. The Labute approximate surface area is 170 Å². The van der Waals surface area contributed by atoms with Crippen molar-refractivity contribution in [2.75, 3.05) is 5.73 Å². The maximum absolute atomic E-state index is 15.4. The molecule has 0 bridgehead atoms. The predicted octanol–water partition coefficient (Wildman–Crippen LogP) is 5.73. The van der Waals surface area contributed by atoms with E-state index in [-0.39, 0.29) is 29.7 Å². The summed E-state index contributed by atoms with van der Waals surface area (Å²) in [5, 5.41) is 0. The first kappa shape index (κ1) is 20.1. The largest absolute Gasteiger partial charge is 0.486 e. The fourth-order valence-electron chi connectivity index (χ4n) is 3.43. The molecule has 30 heavy (non-hydrogen) atoms. The van der Waals surface area contributed by atoms with Crippen molar-refractivity contribution in [2.45, 2.75) is 38.0 Å². The fourth-order valence-corrected chi connectivity index (χ4v) is 3.43. The Morgan fingerprint density at radius 3 is 2.50 bits per heavy atom. The minimum atomic E-state index is -4.45. The number of nitrogens with zero attached hydrogens (tertiary/aromatic N) is 2. The van der Waals surface area contributed by atoms with Gasteiger partial charge in [0.2, 0.25) is 0 Å². The number of anilines is 1. The molecular formula is C22H19F4N3O. The van der Waals surface area contributed by atoms with Crippen LogP contribution in [-0.4, -0.2) is 9.97 Å². The molecule has 2 N–H and O–H groups in total. The number of hydrogen-bond acceptors (Lipinski definition) is 4. The zero-order valence-corrected chi connectivity index (χ0v) is 15.9. The second-order valence-electron chi connectivity index (χ2n) is 7.29. The van der Waals surface area contributed by atoms with E-state index in [1.807, 2.05) is 0 Å². The zero-order chi connectivity index (χ0) is 21.3. The van der Waals surface area contributed by atoms with Crippen molar-refractivity contribution >= 4 is 5.82 Å². The smallest absolute Gasteiger partial charge is 0.416 e. The van der Waals surface area contributed by atoms with Gasteiger partial charge in [-0.15, -0.1) is 0 Å². The molecule has 0 unspecified atom stereocenters. The summed E-state index contributed by atoms with van der Waals surface area (Å²) in [4.78, 5) is 8.05. The van der Waals surface area contributed by atoms with E-state index in [2.05, 4.69) is 9.97 Å². The first-order valence-electron chi connectivity index (χ1n) is 9.52. The van der Waals surface area contributed by atoms with Crippen molar-refractivity contribution in [3.63, 3.8) is 0 Å². The van der Waals surface area contributed by atoms with E-state index in [4.69, 9.17) is 10.5 Å². The summed E-state index contributed by atoms with van der Waals surface area (Å²) >= 11 is 0. The topological polar surface area (TPSA) is 61.0 Å². The van der Waals surface area contributed by atoms with Crippen LogP contribution < -0.4 is 10.5 Å². The minimum absolute atomic E-state index is 0.0493. The molecule has 0 radical (unpaired) electrons. The third kappa shape index (κ3) is 4.08. The molecule has 1 fully saturated rings. The van der Waals surface area contributed by atoms with Crippen LogP contribution in [0.3, 0.4) is 0 Å². The first-order valence-corrected chi connectivity index (χ1v) is 9.52. The number of hydrogen-bond donors (Lipinski definition) is 1. The normalized spacial score (nSPS) is 14.4. The van der Waals surface area contributed by atoms with Crippen molar-refractivity contribution in [1.29, 1.82) is 0 Å². The molecule has 1 aromatic heterocycles. The monoisotopic (exact) mass is 417 g/mol. The van der Waals surface area contributed by atoms with Gasteiger partial charge in [0.15, 0.2) is 11.6 Å². The van der Waals surface area contributed by atoms with Gasteiger partial charge in [-0.3, -0.25) is 4.98 Å². The van der Waals surface area contributed by atoms with Gasteiger partial charge >= 0.3 is 6.18 Å². The van der Waals surface area contributed by atoms with Crippen LogP contribution >= 0.6 is 0 Å². The van der Waals surface area contributed by atoms with Gasteiger partial charge in [-0.25, -0.2) is 9.37 Å². The average Bonchev–Trinajstić information content (AvgIpc) is 2.67. The minimum Gasteiger partial charge on any atom is -0.486 e. The maximum Gasteiger partial charge on any atom is 0.416 e. The van der Waals surface area contributed by atoms with Crippen molar-refractivity contribution in [3.05, 3.63) is 71.3 Å². The van der Waals surface area contributed by atoms with Gasteiger partial charge in [0.25, 0.3) is 0 Å². The van der Waals surface area contributed by atoms with Crippen LogP contribution in [0.2, 0.25) is 0 Å². The molecule has 156 valence electrons. The second kappa shape index (κ2) is 7.93. The Morgan fingerprint density at radius 1 is 1.07 bits per heavy atom. The van der Waals surface area contributed by atoms with Gasteiger partial charge in [0.05, 0.1) is 23.7 Å². The van der Waals surface area contributed by atoms with Crippen LogP contribution in [0, 0.1) is 5.82 Å². The van der Waals surface area contributed by atoms with Crippen LogP contribution in [-0.2, 0) is 12.8 Å². The Balaban J connectivity index is 1.67. The Hall–Kier alpha value is -3.16. The van der Waals surface area contributed by atoms with Crippen molar-refractivity contribution < 1.29 is 22.3 Å². The quantitative estimate of drug-likeness (QED) is 0.539. The lowest BCUT2D eigenvalue weighted by atomic mass is 9.79. The van der Waals surface area contributed by atoms with Crippen molar-refractivity contribution in [2.24, 2.45) is 0 Å². The summed E-state index contributed by atoms with van der Waals surface area (Å²) in [6.07, 6.45) is 1.13. The van der Waals surface area contributed by atoms with Crippen LogP contribution in [0.4, 0.5) is 23.4 Å². The van der Waals surface area contributed by atoms with Gasteiger partial charge in [-0.05, 0) is 42.5 Å². The van der Waals surface area contributed by atoms with Crippen LogP contribution in [0.5, 0.6) is 5.75 Å². The SMILES string of the molecule is Nc1cnc(-c2ccc(C3CCC3)c(OCc3cccc(C(F)(F)F)c3)c2F)cn1. The van der Waals surface area contributed by atoms with Gasteiger partial charge < -0.3 is 10.5 Å². The van der Waals surface area contributed by atoms with Crippen LogP contribution in [0.25, 0.3) is 11.3 Å². The summed E-state index contributed by atoms with van der Waals surface area (Å²) < 4.78 is 60.1. The molecule has 8 heteroatoms. The fraction of sp³-hybridized carbons (Fsp3) is 0.273. The van der Waals surface area contributed by atoms with E-state index in [0.717, 1.165) is 37.0 Å². The number of alkyl halides is 3. The number of halogens is 4. The van der Waals surface area contributed by atoms with E-state index in [1.165, 1.54) is 24.5 Å². The summed E-state index contributed by atoms with van der Waals surface area (Å²) in [6.45, 7) is -0.183. The number of ether oxygens (including phenoxy) is 1. The second-order valence-corrected chi connectivity index (χ2v) is 7.29. The lowest BCUT2D eigenvalue weighted by Gasteiger charge is -2.28. The molecule has 3 aromatic rings. The number of benzene rings is 2. The summed E-state index contributed by atoms with van der Waals surface area (Å²) in [5.74, 6) is -0.174. The number of rotatable bonds is 5. The predicted molar refractivity (Wildman–Crippen MR) is 104 cm³/mol. The highest BCUT2D eigenvalue weighted by Gasteiger charge is 2.31. The number of nitrogen functional groups attached to an aromatic ring is 1. The highest BCUT2D eigenvalue weighted by atomic mass is 19.4. The molecule has 4 rings (SSSR count). The summed E-state index contributed by atoms with van der Waals surface area (Å²) in [6, 6.07) is 8.25. The molecule has 4 nitrogen and oxygen atoms in total. The summed E-state index contributed by atoms with van der Waals surface area (Å²) in [7, 11) is 0. The lowest BCUT2D eigenvalue weighted by Crippen LogP contribution is -2.13. The zero-order valence-electron chi connectivity index (χ0n) is 15.9. The van der Waals surface area contributed by atoms with Gasteiger partial charge in [0, 0.05) is 11.1 Å². The number of nitrogens with two attached hydrogens (primary N) is 1. The Kier molecular flexibility index (Phi) is 5.32. The summed E-state index contributed by atoms with van der Waals surface area (Å²) in [5.41, 5.74) is 6.30. The van der Waals surface area contributed by atoms with Gasteiger partial charge in [-0.1, -0.05) is 24.6 Å². The van der Waals surface area contributed by atoms with Crippen LogP contribution in [0.1, 0.15) is 41.9 Å². The molecule has 0 spiro atoms. The van der Waals surface area contributed by atoms with E-state index in [9.17, 15) is 13.2 Å². The molecule has 0 saturated heterocycles. The molecule has 0 amide bonds. The van der Waals surface area contributed by atoms with Crippen molar-refractivity contribution in [3.8, 4) is 17.0 Å². The third-order valence-electron chi connectivity index (χ3n) is 5.26. The molecule has 1 heterocycles. The van der Waals surface area contributed by atoms with Crippen molar-refractivity contribution in [1.82, 2.24) is 9.97 Å². The van der Waals surface area contributed by atoms with E-state index < -0.39 is 17.6 Å². The molecule has 0 aliphatic heterocycles. The average molecular weight is 417 g/mol. The molecule has 0 atom stereocenters. The van der Waals surface area contributed by atoms with Crippen LogP contribution in [0.15, 0.2) is 48.8 Å². The first-order chi connectivity index (χ1) is 14.3. The van der Waals surface area contributed by atoms with Gasteiger partial charge in [0.1, 0.15) is 12.4 Å². The number of aromatic nitrogens is 2. The Bertz CT molecular complexity index is 1050. The standard InChI is InChI=1S/C22H19F4N3O/c23-20-17(18-10-29-19(27)11-28-18)8-7-16(14-4-2-5-14)21(20)30-12-13-3-1-6-15(9-13)22(24,25)26/h1,3,6-11,14H,2,4-5,12H2,(H2,27,29). The highest BCUT2D eigenvalue weighted by Crippen LogP contribution is 2.44. The molecule has 2 aromatic carbocycles. The molecular weight excluding hydrogens is 398 g/mol. The Morgan fingerprint density at radius 2 is 1.87 bits per heavy atom. The molecule has 1 aliphatic rings. The highest BCUT2D eigenvalue weighted by molar-refractivity contribution is 5.64. The molecule has 1 aliphatic carbocycles. The van der Waals surface area contributed by atoms with Gasteiger partial charge in [-0.2, -0.15) is 13.2 Å². The third-order valence-corrected chi connectivity index (χ3v) is 5.26. The molecule has 1 saturated carbocycles. The van der Waals surface area contributed by atoms with E-state index in [1.54, 1.807) is 12.1 Å². The maximum atomic E-state index is 15.4.